The van der Waals surface area contributed by atoms with Gasteiger partial charge in [-0.15, -0.1) is 0 Å². The molecule has 0 fully saturated rings. The number of aliphatic carboxylic acids is 1. The zero-order chi connectivity index (χ0) is 14.5. The van der Waals surface area contributed by atoms with Crippen molar-refractivity contribution in [3.8, 4) is 0 Å². The molecule has 0 amide bonds. The van der Waals surface area contributed by atoms with E-state index in [-0.39, 0.29) is 6.04 Å². The van der Waals surface area contributed by atoms with E-state index in [4.69, 9.17) is 10.8 Å². The van der Waals surface area contributed by atoms with Crippen LogP contribution in [0.3, 0.4) is 0 Å². The third-order valence-corrected chi connectivity index (χ3v) is 3.33. The zero-order valence-electron chi connectivity index (χ0n) is 12.6. The molecule has 0 saturated carbocycles. The fraction of sp³-hybridized carbons (Fsp3) is 0.923. The van der Waals surface area contributed by atoms with Crippen LogP contribution in [0.15, 0.2) is 0 Å². The van der Waals surface area contributed by atoms with Crippen molar-refractivity contribution in [3.05, 3.63) is 0 Å². The third kappa shape index (κ3) is 5.33. The molecule has 0 aliphatic heterocycles. The minimum atomic E-state index is -1.16. The molecule has 18 heavy (non-hydrogen) atoms. The molecule has 0 aromatic heterocycles. The molecule has 3 unspecified atom stereocenters. The molecule has 5 heteroatoms. The molecule has 0 aliphatic carbocycles. The van der Waals surface area contributed by atoms with Crippen molar-refractivity contribution in [1.82, 2.24) is 9.80 Å². The van der Waals surface area contributed by atoms with E-state index in [1.165, 1.54) is 0 Å². The molecule has 0 radical (unpaired) electrons. The Morgan fingerprint density at radius 2 is 1.83 bits per heavy atom. The van der Waals surface area contributed by atoms with Crippen molar-refractivity contribution in [2.45, 2.75) is 51.7 Å². The number of nitrogens with zero attached hydrogens (tertiary/aromatic N) is 2. The maximum atomic E-state index is 11.1. The van der Waals surface area contributed by atoms with Gasteiger partial charge in [-0.05, 0) is 47.8 Å². The number of carboxylic acid groups (broad SMARTS) is 1. The van der Waals surface area contributed by atoms with E-state index in [1.54, 1.807) is 6.92 Å². The van der Waals surface area contributed by atoms with Crippen molar-refractivity contribution < 1.29 is 9.90 Å². The molecular weight excluding hydrogens is 230 g/mol. The highest BCUT2D eigenvalue weighted by molar-refractivity contribution is 5.77. The van der Waals surface area contributed by atoms with Crippen LogP contribution >= 0.6 is 0 Å². The summed E-state index contributed by atoms with van der Waals surface area (Å²) in [4.78, 5) is 15.5. The van der Waals surface area contributed by atoms with E-state index < -0.39 is 11.5 Å². The summed E-state index contributed by atoms with van der Waals surface area (Å²) in [5, 5.41) is 9.08. The van der Waals surface area contributed by atoms with Gasteiger partial charge in [-0.1, -0.05) is 6.92 Å². The van der Waals surface area contributed by atoms with Crippen LogP contribution in [0.25, 0.3) is 0 Å². The fourth-order valence-corrected chi connectivity index (χ4v) is 2.51. The maximum absolute atomic E-state index is 11.1. The Morgan fingerprint density at radius 3 is 2.17 bits per heavy atom. The van der Waals surface area contributed by atoms with Crippen LogP contribution in [0.4, 0.5) is 0 Å². The van der Waals surface area contributed by atoms with E-state index in [2.05, 4.69) is 23.6 Å². The predicted octanol–water partition coefficient (Wildman–Crippen LogP) is 0.839. The van der Waals surface area contributed by atoms with Crippen molar-refractivity contribution in [2.75, 3.05) is 27.2 Å². The summed E-state index contributed by atoms with van der Waals surface area (Å²) >= 11 is 0. The molecule has 0 rings (SSSR count). The quantitative estimate of drug-likeness (QED) is 0.676. The molecule has 5 nitrogen and oxygen atoms in total. The molecule has 0 bridgehead atoms. The first-order valence-electron chi connectivity index (χ1n) is 6.54. The normalized spacial score (nSPS) is 18.7. The monoisotopic (exact) mass is 259 g/mol. The van der Waals surface area contributed by atoms with Gasteiger partial charge in [0.15, 0.2) is 0 Å². The first-order valence-corrected chi connectivity index (χ1v) is 6.54. The van der Waals surface area contributed by atoms with Crippen LogP contribution in [0.2, 0.25) is 0 Å². The number of carbonyl (C=O) groups is 1. The number of likely N-dealkylation sites (N-methyl/N-ethyl adjacent to an activating group) is 2. The van der Waals surface area contributed by atoms with Crippen LogP contribution in [-0.4, -0.2) is 65.7 Å². The highest BCUT2D eigenvalue weighted by atomic mass is 16.4. The molecule has 0 heterocycles. The largest absolute Gasteiger partial charge is 0.480 e. The Hall–Kier alpha value is -0.650. The van der Waals surface area contributed by atoms with Gasteiger partial charge >= 0.3 is 5.97 Å². The van der Waals surface area contributed by atoms with Crippen molar-refractivity contribution in [3.63, 3.8) is 0 Å². The second-order valence-corrected chi connectivity index (χ2v) is 5.72. The lowest BCUT2D eigenvalue weighted by molar-refractivity contribution is -0.143. The second kappa shape index (κ2) is 7.07. The number of hydrogen-bond acceptors (Lipinski definition) is 4. The van der Waals surface area contributed by atoms with E-state index in [1.807, 2.05) is 21.0 Å². The fourth-order valence-electron chi connectivity index (χ4n) is 2.51. The minimum absolute atomic E-state index is 0.149. The molecular formula is C13H29N3O2. The van der Waals surface area contributed by atoms with Crippen LogP contribution in [-0.2, 0) is 4.79 Å². The van der Waals surface area contributed by atoms with Crippen LogP contribution < -0.4 is 5.73 Å². The van der Waals surface area contributed by atoms with Gasteiger partial charge in [0.2, 0.25) is 0 Å². The lowest BCUT2D eigenvalue weighted by Gasteiger charge is -2.37. The van der Waals surface area contributed by atoms with Crippen LogP contribution in [0.5, 0.6) is 0 Å². The van der Waals surface area contributed by atoms with Gasteiger partial charge in [0.05, 0.1) is 0 Å². The third-order valence-electron chi connectivity index (χ3n) is 3.33. The van der Waals surface area contributed by atoms with E-state index in [0.717, 1.165) is 13.1 Å². The molecule has 108 valence electrons. The number of hydrogen-bond donors (Lipinski definition) is 2. The molecule has 0 aromatic rings. The molecule has 0 aliphatic rings. The van der Waals surface area contributed by atoms with Crippen LogP contribution in [0.1, 0.15) is 34.1 Å². The Balaban J connectivity index is 4.61. The van der Waals surface area contributed by atoms with Crippen molar-refractivity contribution in [1.29, 1.82) is 0 Å². The van der Waals surface area contributed by atoms with E-state index in [9.17, 15) is 4.79 Å². The average molecular weight is 259 g/mol. The first-order chi connectivity index (χ1) is 8.11. The van der Waals surface area contributed by atoms with Gasteiger partial charge in [-0.2, -0.15) is 0 Å². The SMILES string of the molecule is CCN(C(C)CN(C)C)C(C)CC(C)(N)C(=O)O. The van der Waals surface area contributed by atoms with Crippen LogP contribution in [0, 0.1) is 0 Å². The number of rotatable bonds is 8. The summed E-state index contributed by atoms with van der Waals surface area (Å²) in [6.45, 7) is 9.73. The Bertz CT molecular complexity index is 267. The lowest BCUT2D eigenvalue weighted by Crippen LogP contribution is -2.52. The van der Waals surface area contributed by atoms with Crippen molar-refractivity contribution in [2.24, 2.45) is 5.73 Å². The molecule has 3 atom stereocenters. The summed E-state index contributed by atoms with van der Waals surface area (Å²) in [7, 11) is 4.08. The second-order valence-electron chi connectivity index (χ2n) is 5.72. The highest BCUT2D eigenvalue weighted by Gasteiger charge is 2.32. The molecule has 0 aromatic carbocycles. The van der Waals surface area contributed by atoms with Gasteiger partial charge in [0.25, 0.3) is 0 Å². The summed E-state index contributed by atoms with van der Waals surface area (Å²) in [5.74, 6) is -0.939. The topological polar surface area (TPSA) is 69.8 Å². The lowest BCUT2D eigenvalue weighted by atomic mass is 9.93. The predicted molar refractivity (Wildman–Crippen MR) is 74.7 cm³/mol. The van der Waals surface area contributed by atoms with Gasteiger partial charge in [0, 0.05) is 18.6 Å². The van der Waals surface area contributed by atoms with Gasteiger partial charge in [0.1, 0.15) is 5.54 Å². The van der Waals surface area contributed by atoms with Gasteiger partial charge in [-0.3, -0.25) is 9.69 Å². The summed E-state index contributed by atoms with van der Waals surface area (Å²) in [5.41, 5.74) is 4.66. The Morgan fingerprint density at radius 1 is 1.33 bits per heavy atom. The van der Waals surface area contributed by atoms with Crippen molar-refractivity contribution >= 4 is 5.97 Å². The summed E-state index contributed by atoms with van der Waals surface area (Å²) in [6, 6.07) is 0.528. The summed E-state index contributed by atoms with van der Waals surface area (Å²) in [6.07, 6.45) is 0.452. The van der Waals surface area contributed by atoms with E-state index in [0.29, 0.717) is 12.5 Å². The molecule has 3 N–H and O–H groups in total. The highest BCUT2D eigenvalue weighted by Crippen LogP contribution is 2.16. The smallest absolute Gasteiger partial charge is 0.323 e. The summed E-state index contributed by atoms with van der Waals surface area (Å²) < 4.78 is 0. The standard InChI is InChI=1S/C13H29N3O2/c1-7-16(11(3)9-15(5)6)10(2)8-13(4,14)12(17)18/h10-11H,7-9,14H2,1-6H3,(H,17,18). The average Bonchev–Trinajstić information content (AvgIpc) is 2.15. The number of carboxylic acids is 1. The Kier molecular flexibility index (Phi) is 6.81. The van der Waals surface area contributed by atoms with Gasteiger partial charge < -0.3 is 15.7 Å². The van der Waals surface area contributed by atoms with Gasteiger partial charge in [-0.25, -0.2) is 0 Å². The first kappa shape index (κ1) is 17.4. The molecule has 0 spiro atoms. The zero-order valence-corrected chi connectivity index (χ0v) is 12.6. The molecule has 0 saturated heterocycles. The minimum Gasteiger partial charge on any atom is -0.480 e. The van der Waals surface area contributed by atoms with E-state index >= 15 is 0 Å². The maximum Gasteiger partial charge on any atom is 0.323 e. The Labute approximate surface area is 111 Å². The number of nitrogens with two attached hydrogens (primary N) is 1.